The van der Waals surface area contributed by atoms with Crippen LogP contribution in [0.25, 0.3) is 0 Å². The fourth-order valence-electron chi connectivity index (χ4n) is 3.48. The largest absolute Gasteiger partial charge is 0.494 e. The maximum atomic E-state index is 14.2. The van der Waals surface area contributed by atoms with E-state index < -0.39 is 73.5 Å². The Morgan fingerprint density at radius 3 is 2.25 bits per heavy atom. The number of sulfone groups is 1. The Bertz CT molecular complexity index is 1270. The molecule has 7 nitrogen and oxygen atoms in total. The van der Waals surface area contributed by atoms with Crippen molar-refractivity contribution >= 4 is 15.7 Å². The third kappa shape index (κ3) is 5.50. The minimum atomic E-state index is -4.81. The van der Waals surface area contributed by atoms with Crippen LogP contribution in [0.1, 0.15) is 34.5 Å². The molecule has 0 saturated carbocycles. The molecule has 0 unspecified atom stereocenters. The summed E-state index contributed by atoms with van der Waals surface area (Å²) in [4.78, 5) is 17.3. The van der Waals surface area contributed by atoms with E-state index in [-0.39, 0.29) is 24.8 Å². The molecule has 36 heavy (non-hydrogen) atoms. The molecule has 0 radical (unpaired) electrons. The highest BCUT2D eigenvalue weighted by Crippen LogP contribution is 2.40. The van der Waals surface area contributed by atoms with Crippen molar-refractivity contribution in [2.24, 2.45) is 0 Å². The van der Waals surface area contributed by atoms with E-state index in [9.17, 15) is 43.9 Å². The quantitative estimate of drug-likeness (QED) is 0.507. The van der Waals surface area contributed by atoms with E-state index in [2.05, 4.69) is 4.98 Å². The van der Waals surface area contributed by atoms with Gasteiger partial charge in [0.25, 0.3) is 5.91 Å². The number of rotatable bonds is 6. The standard InChI is InChI=1S/C21H19F7N2O5S/c1-10(20(23,24)25)35-14-4-5-15(36(3,32)33)18(34-2)16(14)19(31)30-8-11(9-30)17-13(22)6-12(7-29-17)21(26,27)28/h4-7,10-11H,8-9H2,1-3H3/t10-/m0/s1. The summed E-state index contributed by atoms with van der Waals surface area (Å²) in [6.45, 7) is 0.174. The lowest BCUT2D eigenvalue weighted by atomic mass is 9.93. The number of ether oxygens (including phenoxy) is 2. The van der Waals surface area contributed by atoms with Gasteiger partial charge in [0, 0.05) is 31.5 Å². The van der Waals surface area contributed by atoms with Gasteiger partial charge in [0.15, 0.2) is 21.7 Å². The summed E-state index contributed by atoms with van der Waals surface area (Å²) in [6, 6.07) is 2.10. The molecule has 1 amide bonds. The van der Waals surface area contributed by atoms with Crippen LogP contribution in [-0.4, -0.2) is 62.9 Å². The number of hydrogen-bond donors (Lipinski definition) is 0. The molecule has 0 spiro atoms. The number of benzene rings is 1. The second kappa shape index (κ2) is 9.41. The van der Waals surface area contributed by atoms with Gasteiger partial charge in [0.05, 0.1) is 18.4 Å². The summed E-state index contributed by atoms with van der Waals surface area (Å²) in [6.07, 6.45) is -10.7. The third-order valence-electron chi connectivity index (χ3n) is 5.42. The number of aromatic nitrogens is 1. The Balaban J connectivity index is 1.94. The number of halogens is 7. The van der Waals surface area contributed by atoms with Crippen LogP contribution in [0.5, 0.6) is 11.5 Å². The van der Waals surface area contributed by atoms with Gasteiger partial charge in [-0.1, -0.05) is 0 Å². The van der Waals surface area contributed by atoms with Crippen LogP contribution in [0.3, 0.4) is 0 Å². The number of methoxy groups -OCH3 is 1. The van der Waals surface area contributed by atoms with Crippen molar-refractivity contribution in [1.82, 2.24) is 9.88 Å². The number of carbonyl (C=O) groups excluding carboxylic acids is 1. The molecular formula is C21H19F7N2O5S. The molecule has 15 heteroatoms. The Labute approximate surface area is 200 Å². The molecule has 0 bridgehead atoms. The lowest BCUT2D eigenvalue weighted by molar-refractivity contribution is -0.189. The summed E-state index contributed by atoms with van der Waals surface area (Å²) in [5.74, 6) is -4.17. The predicted octanol–water partition coefficient (Wildman–Crippen LogP) is 4.22. The van der Waals surface area contributed by atoms with Gasteiger partial charge in [-0.3, -0.25) is 9.78 Å². The summed E-state index contributed by atoms with van der Waals surface area (Å²) >= 11 is 0. The van der Waals surface area contributed by atoms with Crippen LogP contribution in [0.4, 0.5) is 30.7 Å². The summed E-state index contributed by atoms with van der Waals surface area (Å²) in [5, 5.41) is 0. The van der Waals surface area contributed by atoms with Gasteiger partial charge in [0.1, 0.15) is 22.0 Å². The fourth-order valence-corrected chi connectivity index (χ4v) is 4.31. The number of likely N-dealkylation sites (tertiary alicyclic amines) is 1. The average molecular weight is 544 g/mol. The van der Waals surface area contributed by atoms with Crippen LogP contribution in [0, 0.1) is 5.82 Å². The zero-order chi connectivity index (χ0) is 27.2. The van der Waals surface area contributed by atoms with Gasteiger partial charge < -0.3 is 14.4 Å². The van der Waals surface area contributed by atoms with E-state index in [0.717, 1.165) is 30.4 Å². The minimum absolute atomic E-state index is 0.255. The van der Waals surface area contributed by atoms with Crippen molar-refractivity contribution in [3.05, 3.63) is 47.0 Å². The van der Waals surface area contributed by atoms with Crippen LogP contribution in [0.2, 0.25) is 0 Å². The number of alkyl halides is 6. The van der Waals surface area contributed by atoms with Crippen molar-refractivity contribution in [3.63, 3.8) is 0 Å². The molecule has 1 aliphatic rings. The molecule has 1 aromatic heterocycles. The molecule has 0 aliphatic carbocycles. The minimum Gasteiger partial charge on any atom is -0.494 e. The summed E-state index contributed by atoms with van der Waals surface area (Å²) in [7, 11) is -2.98. The lowest BCUT2D eigenvalue weighted by Gasteiger charge is -2.39. The first kappa shape index (κ1) is 27.5. The van der Waals surface area contributed by atoms with Crippen LogP contribution in [0.15, 0.2) is 29.3 Å². The Morgan fingerprint density at radius 2 is 1.78 bits per heavy atom. The molecule has 1 fully saturated rings. The maximum absolute atomic E-state index is 14.2. The van der Waals surface area contributed by atoms with E-state index in [1.54, 1.807) is 0 Å². The van der Waals surface area contributed by atoms with E-state index in [0.29, 0.717) is 13.1 Å². The normalized spacial score (nSPS) is 15.9. The number of nitrogens with zero attached hydrogens (tertiary/aromatic N) is 2. The van der Waals surface area contributed by atoms with Gasteiger partial charge >= 0.3 is 12.4 Å². The van der Waals surface area contributed by atoms with Crippen molar-refractivity contribution < 1.29 is 53.4 Å². The van der Waals surface area contributed by atoms with Crippen LogP contribution >= 0.6 is 0 Å². The molecule has 0 N–H and O–H groups in total. The Kier molecular flexibility index (Phi) is 7.18. The first-order chi connectivity index (χ1) is 16.4. The first-order valence-corrected chi connectivity index (χ1v) is 12.0. The van der Waals surface area contributed by atoms with Crippen LogP contribution in [-0.2, 0) is 16.0 Å². The van der Waals surface area contributed by atoms with E-state index in [4.69, 9.17) is 9.47 Å². The van der Waals surface area contributed by atoms with Crippen LogP contribution < -0.4 is 9.47 Å². The SMILES string of the molecule is COc1c(S(C)(=O)=O)ccc(O[C@@H](C)C(F)(F)F)c1C(=O)N1CC(c2ncc(C(F)(F)F)cc2F)C1. The molecule has 1 aromatic carbocycles. The topological polar surface area (TPSA) is 85.8 Å². The second-order valence-electron chi connectivity index (χ2n) is 8.04. The van der Waals surface area contributed by atoms with Gasteiger partial charge in [-0.25, -0.2) is 12.8 Å². The van der Waals surface area contributed by atoms with E-state index in [1.807, 2.05) is 0 Å². The van der Waals surface area contributed by atoms with Gasteiger partial charge in [0.2, 0.25) is 0 Å². The third-order valence-corrected chi connectivity index (χ3v) is 6.54. The summed E-state index contributed by atoms with van der Waals surface area (Å²) in [5.41, 5.74) is -2.22. The molecule has 2 heterocycles. The number of carbonyl (C=O) groups is 1. The smallest absolute Gasteiger partial charge is 0.425 e. The average Bonchev–Trinajstić information content (AvgIpc) is 2.70. The second-order valence-corrected chi connectivity index (χ2v) is 10.0. The lowest BCUT2D eigenvalue weighted by Crippen LogP contribution is -2.49. The van der Waals surface area contributed by atoms with E-state index in [1.165, 1.54) is 0 Å². The van der Waals surface area contributed by atoms with Crippen molar-refractivity contribution in [2.45, 2.75) is 36.2 Å². The fraction of sp³-hybridized carbons (Fsp3) is 0.429. The first-order valence-electron chi connectivity index (χ1n) is 10.1. The molecule has 2 aromatic rings. The summed E-state index contributed by atoms with van der Waals surface area (Å²) < 4.78 is 126. The van der Waals surface area contributed by atoms with Crippen molar-refractivity contribution in [1.29, 1.82) is 0 Å². The molecule has 1 atom stereocenters. The van der Waals surface area contributed by atoms with E-state index >= 15 is 0 Å². The van der Waals surface area contributed by atoms with Gasteiger partial charge in [-0.15, -0.1) is 0 Å². The highest BCUT2D eigenvalue weighted by atomic mass is 32.2. The molecule has 3 rings (SSSR count). The van der Waals surface area contributed by atoms with Gasteiger partial charge in [-0.05, 0) is 25.1 Å². The van der Waals surface area contributed by atoms with Crippen molar-refractivity contribution in [2.75, 3.05) is 26.5 Å². The molecule has 1 aliphatic heterocycles. The Hall–Kier alpha value is -3.10. The number of amides is 1. The monoisotopic (exact) mass is 544 g/mol. The van der Waals surface area contributed by atoms with Crippen molar-refractivity contribution in [3.8, 4) is 11.5 Å². The molecular weight excluding hydrogens is 525 g/mol. The molecule has 198 valence electrons. The van der Waals surface area contributed by atoms with Gasteiger partial charge in [-0.2, -0.15) is 26.3 Å². The zero-order valence-corrected chi connectivity index (χ0v) is 19.7. The predicted molar refractivity (Wildman–Crippen MR) is 110 cm³/mol. The maximum Gasteiger partial charge on any atom is 0.425 e. The number of pyridine rings is 1. The number of hydrogen-bond acceptors (Lipinski definition) is 6. The molecule has 1 saturated heterocycles. The zero-order valence-electron chi connectivity index (χ0n) is 18.9. The highest BCUT2D eigenvalue weighted by Gasteiger charge is 2.42. The Morgan fingerprint density at radius 1 is 1.17 bits per heavy atom. The highest BCUT2D eigenvalue weighted by molar-refractivity contribution is 7.90.